The van der Waals surface area contributed by atoms with Crippen LogP contribution in [0.2, 0.25) is 0 Å². The second-order valence-corrected chi connectivity index (χ2v) is 3.82. The third-order valence-electron chi connectivity index (χ3n) is 2.43. The van der Waals surface area contributed by atoms with Crippen molar-refractivity contribution in [3.05, 3.63) is 17.5 Å². The summed E-state index contributed by atoms with van der Waals surface area (Å²) in [6.45, 7) is 5.57. The van der Waals surface area contributed by atoms with Crippen LogP contribution in [-0.4, -0.2) is 34.1 Å². The molecule has 5 heteroatoms. The topological polar surface area (TPSA) is 66.3 Å². The van der Waals surface area contributed by atoms with E-state index in [0.29, 0.717) is 12.4 Å². The molecule has 16 heavy (non-hydrogen) atoms. The second kappa shape index (κ2) is 4.92. The minimum atomic E-state index is -0.854. The number of nitrogens with zero attached hydrogens (tertiary/aromatic N) is 3. The Morgan fingerprint density at radius 1 is 1.44 bits per heavy atom. The Morgan fingerprint density at radius 3 is 2.31 bits per heavy atom. The number of aryl methyl sites for hydroxylation is 2. The maximum atomic E-state index is 11.0. The van der Waals surface area contributed by atoms with Crippen LogP contribution in [-0.2, 0) is 4.79 Å². The van der Waals surface area contributed by atoms with Crippen LogP contribution in [0.1, 0.15) is 24.7 Å². The van der Waals surface area contributed by atoms with E-state index in [0.717, 1.165) is 11.4 Å². The predicted octanol–water partition coefficient (Wildman–Crippen LogP) is 1.39. The average molecular weight is 223 g/mol. The van der Waals surface area contributed by atoms with Gasteiger partial charge in [-0.3, -0.25) is 0 Å². The van der Waals surface area contributed by atoms with Crippen LogP contribution in [0.3, 0.4) is 0 Å². The van der Waals surface area contributed by atoms with E-state index < -0.39 is 12.0 Å². The number of anilines is 1. The number of aromatic nitrogens is 2. The quantitative estimate of drug-likeness (QED) is 0.835. The monoisotopic (exact) mass is 223 g/mol. The molecule has 5 nitrogen and oxygen atoms in total. The molecule has 1 aromatic rings. The summed E-state index contributed by atoms with van der Waals surface area (Å²) in [5.74, 6) is -0.389. The van der Waals surface area contributed by atoms with Crippen LogP contribution >= 0.6 is 0 Å². The van der Waals surface area contributed by atoms with Gasteiger partial charge in [-0.05, 0) is 26.3 Å². The van der Waals surface area contributed by atoms with E-state index in [1.54, 1.807) is 11.9 Å². The van der Waals surface area contributed by atoms with Crippen LogP contribution in [0.25, 0.3) is 0 Å². The van der Waals surface area contributed by atoms with Crippen molar-refractivity contribution in [2.75, 3.05) is 11.9 Å². The number of aliphatic carboxylic acids is 1. The van der Waals surface area contributed by atoms with Crippen molar-refractivity contribution in [2.45, 2.75) is 33.2 Å². The summed E-state index contributed by atoms with van der Waals surface area (Å²) in [7, 11) is 1.70. The molecule has 0 aliphatic carbocycles. The lowest BCUT2D eigenvalue weighted by Gasteiger charge is -2.24. The molecule has 1 unspecified atom stereocenters. The summed E-state index contributed by atoms with van der Waals surface area (Å²) in [5, 5.41) is 9.05. The molecule has 0 bridgehead atoms. The van der Waals surface area contributed by atoms with Crippen molar-refractivity contribution in [1.29, 1.82) is 0 Å². The maximum Gasteiger partial charge on any atom is 0.326 e. The highest BCUT2D eigenvalue weighted by Crippen LogP contribution is 2.13. The van der Waals surface area contributed by atoms with E-state index in [1.807, 2.05) is 26.8 Å². The first-order valence-corrected chi connectivity index (χ1v) is 5.23. The Labute approximate surface area is 95.1 Å². The van der Waals surface area contributed by atoms with Gasteiger partial charge in [-0.1, -0.05) is 6.92 Å². The van der Waals surface area contributed by atoms with Crippen molar-refractivity contribution in [3.63, 3.8) is 0 Å². The standard InChI is InChI=1S/C11H17N3O2/c1-5-9(10(15)16)14(4)11-12-7(2)6-8(3)13-11/h6,9H,5H2,1-4H3,(H,15,16). The SMILES string of the molecule is CCC(C(=O)O)N(C)c1nc(C)cc(C)n1. The minimum Gasteiger partial charge on any atom is -0.480 e. The number of hydrogen-bond donors (Lipinski definition) is 1. The van der Waals surface area contributed by atoms with E-state index in [9.17, 15) is 4.79 Å². The number of carboxylic acid groups (broad SMARTS) is 1. The van der Waals surface area contributed by atoms with Gasteiger partial charge >= 0.3 is 5.97 Å². The molecule has 0 radical (unpaired) electrons. The van der Waals surface area contributed by atoms with E-state index in [4.69, 9.17) is 5.11 Å². The maximum absolute atomic E-state index is 11.0. The molecule has 0 aliphatic rings. The van der Waals surface area contributed by atoms with E-state index in [-0.39, 0.29) is 0 Å². The number of hydrogen-bond acceptors (Lipinski definition) is 4. The van der Waals surface area contributed by atoms with Gasteiger partial charge in [0.1, 0.15) is 6.04 Å². The summed E-state index contributed by atoms with van der Waals surface area (Å²) < 4.78 is 0. The molecular formula is C11H17N3O2. The first-order valence-electron chi connectivity index (χ1n) is 5.23. The third kappa shape index (κ3) is 2.68. The van der Waals surface area contributed by atoms with Gasteiger partial charge in [0, 0.05) is 18.4 Å². The van der Waals surface area contributed by atoms with Gasteiger partial charge in [0.05, 0.1) is 0 Å². The summed E-state index contributed by atoms with van der Waals surface area (Å²) in [5.41, 5.74) is 1.68. The van der Waals surface area contributed by atoms with Gasteiger partial charge in [0.15, 0.2) is 0 Å². The minimum absolute atomic E-state index is 0.465. The Kier molecular flexibility index (Phi) is 3.82. The molecule has 1 N–H and O–H groups in total. The average Bonchev–Trinajstić information content (AvgIpc) is 2.16. The highest BCUT2D eigenvalue weighted by Gasteiger charge is 2.22. The molecule has 0 saturated heterocycles. The lowest BCUT2D eigenvalue weighted by atomic mass is 10.2. The molecule has 0 saturated carbocycles. The second-order valence-electron chi connectivity index (χ2n) is 3.82. The van der Waals surface area contributed by atoms with Crippen molar-refractivity contribution in [3.8, 4) is 0 Å². The molecule has 1 atom stereocenters. The van der Waals surface area contributed by atoms with Gasteiger partial charge in [0.2, 0.25) is 5.95 Å². The number of carbonyl (C=O) groups is 1. The first-order chi connectivity index (χ1) is 7.45. The van der Waals surface area contributed by atoms with Crippen LogP contribution in [0.5, 0.6) is 0 Å². The largest absolute Gasteiger partial charge is 0.480 e. The predicted molar refractivity (Wildman–Crippen MR) is 61.6 cm³/mol. The lowest BCUT2D eigenvalue weighted by molar-refractivity contribution is -0.138. The Morgan fingerprint density at radius 2 is 1.94 bits per heavy atom. The number of carboxylic acids is 1. The summed E-state index contributed by atoms with van der Waals surface area (Å²) >= 11 is 0. The normalized spacial score (nSPS) is 12.2. The van der Waals surface area contributed by atoms with Crippen molar-refractivity contribution >= 4 is 11.9 Å². The molecule has 0 aromatic carbocycles. The van der Waals surface area contributed by atoms with Crippen molar-refractivity contribution < 1.29 is 9.90 Å². The highest BCUT2D eigenvalue weighted by molar-refractivity contribution is 5.77. The van der Waals surface area contributed by atoms with Crippen LogP contribution in [0, 0.1) is 13.8 Å². The number of rotatable bonds is 4. The van der Waals surface area contributed by atoms with Gasteiger partial charge < -0.3 is 10.0 Å². The zero-order chi connectivity index (χ0) is 12.3. The zero-order valence-corrected chi connectivity index (χ0v) is 10.1. The molecule has 0 spiro atoms. The van der Waals surface area contributed by atoms with Gasteiger partial charge in [0.25, 0.3) is 0 Å². The number of likely N-dealkylation sites (N-methyl/N-ethyl adjacent to an activating group) is 1. The van der Waals surface area contributed by atoms with Crippen molar-refractivity contribution in [2.24, 2.45) is 0 Å². The highest BCUT2D eigenvalue weighted by atomic mass is 16.4. The molecule has 0 amide bonds. The van der Waals surface area contributed by atoms with Gasteiger partial charge in [-0.2, -0.15) is 0 Å². The Bertz CT molecular complexity index is 373. The fraction of sp³-hybridized carbons (Fsp3) is 0.545. The Balaban J connectivity index is 3.02. The summed E-state index contributed by atoms with van der Waals surface area (Å²) in [6.07, 6.45) is 0.516. The molecule has 1 rings (SSSR count). The summed E-state index contributed by atoms with van der Waals surface area (Å²) in [4.78, 5) is 21.1. The third-order valence-corrected chi connectivity index (χ3v) is 2.43. The van der Waals surface area contributed by atoms with E-state index in [2.05, 4.69) is 9.97 Å². The fourth-order valence-electron chi connectivity index (χ4n) is 1.62. The van der Waals surface area contributed by atoms with Crippen molar-refractivity contribution in [1.82, 2.24) is 9.97 Å². The smallest absolute Gasteiger partial charge is 0.326 e. The van der Waals surface area contributed by atoms with E-state index in [1.165, 1.54) is 0 Å². The molecule has 1 heterocycles. The van der Waals surface area contributed by atoms with E-state index >= 15 is 0 Å². The summed E-state index contributed by atoms with van der Waals surface area (Å²) in [6, 6.07) is 1.28. The van der Waals surface area contributed by atoms with Crippen LogP contribution in [0.4, 0.5) is 5.95 Å². The van der Waals surface area contributed by atoms with Gasteiger partial charge in [-0.25, -0.2) is 14.8 Å². The van der Waals surface area contributed by atoms with Gasteiger partial charge in [-0.15, -0.1) is 0 Å². The molecule has 88 valence electrons. The van der Waals surface area contributed by atoms with Crippen LogP contribution < -0.4 is 4.90 Å². The lowest BCUT2D eigenvalue weighted by Crippen LogP contribution is -2.39. The Hall–Kier alpha value is -1.65. The molecule has 0 aliphatic heterocycles. The fourth-order valence-corrected chi connectivity index (χ4v) is 1.62. The molecule has 1 aromatic heterocycles. The molecule has 0 fully saturated rings. The first kappa shape index (κ1) is 12.4. The zero-order valence-electron chi connectivity index (χ0n) is 10.1. The van der Waals surface area contributed by atoms with Crippen LogP contribution in [0.15, 0.2) is 6.07 Å². The molecular weight excluding hydrogens is 206 g/mol.